The van der Waals surface area contributed by atoms with Crippen molar-refractivity contribution in [1.82, 2.24) is 5.32 Å². The quantitative estimate of drug-likeness (QED) is 0.0206. The first-order valence-electron chi connectivity index (χ1n) is 28.3. The van der Waals surface area contributed by atoms with E-state index in [0.717, 1.165) is 96.3 Å². The van der Waals surface area contributed by atoms with E-state index >= 15 is 0 Å². The van der Waals surface area contributed by atoms with Crippen LogP contribution in [0.25, 0.3) is 0 Å². The first-order chi connectivity index (χ1) is 35.6. The highest BCUT2D eigenvalue weighted by Crippen LogP contribution is 2.30. The summed E-state index contributed by atoms with van der Waals surface area (Å²) in [6, 6.07) is -0.927. The number of aliphatic hydroxyl groups is 8. The topological polar surface area (TPSA) is 228 Å². The molecule has 0 aromatic carbocycles. The summed E-state index contributed by atoms with van der Waals surface area (Å²) >= 11 is 0. The maximum Gasteiger partial charge on any atom is 0.220 e. The first-order valence-corrected chi connectivity index (χ1v) is 28.3. The molecule has 0 bridgehead atoms. The lowest BCUT2D eigenvalue weighted by atomic mass is 9.97. The Bertz CT molecular complexity index is 1550. The van der Waals surface area contributed by atoms with Crippen molar-refractivity contribution in [2.75, 3.05) is 19.8 Å². The predicted molar refractivity (Wildman–Crippen MR) is 290 cm³/mol. The SMILES string of the molecule is CC/C=C\C/C=C\C/C=C\C/C=C\C/C=C\C/C=C\CCCCCCCCC(=O)NC(COC1OC(CO)C(OC2OC(CO)C(O)C(O)C2O)C(O)C1O)C(O)/C=C/CCCCCCCCCCCCCC. The van der Waals surface area contributed by atoms with Crippen molar-refractivity contribution in [1.29, 1.82) is 0 Å². The van der Waals surface area contributed by atoms with E-state index in [9.17, 15) is 45.6 Å². The van der Waals surface area contributed by atoms with E-state index in [1.54, 1.807) is 6.08 Å². The molecule has 2 aliphatic heterocycles. The van der Waals surface area contributed by atoms with Crippen molar-refractivity contribution in [3.8, 4) is 0 Å². The van der Waals surface area contributed by atoms with Crippen molar-refractivity contribution in [2.45, 2.75) is 261 Å². The van der Waals surface area contributed by atoms with Gasteiger partial charge in [-0.3, -0.25) is 4.79 Å². The zero-order valence-electron chi connectivity index (χ0n) is 44.8. The van der Waals surface area contributed by atoms with Crippen LogP contribution in [0.2, 0.25) is 0 Å². The van der Waals surface area contributed by atoms with E-state index in [-0.39, 0.29) is 18.9 Å². The largest absolute Gasteiger partial charge is 0.394 e. The molecule has 2 rings (SSSR count). The summed E-state index contributed by atoms with van der Waals surface area (Å²) in [6.45, 7) is 2.65. The zero-order valence-corrected chi connectivity index (χ0v) is 44.8. The van der Waals surface area contributed by atoms with Crippen molar-refractivity contribution >= 4 is 5.91 Å². The number of nitrogens with one attached hydrogen (secondary N) is 1. The van der Waals surface area contributed by atoms with Gasteiger partial charge in [0.05, 0.1) is 32.0 Å². The normalized spacial score (nSPS) is 26.1. The van der Waals surface area contributed by atoms with Gasteiger partial charge in [0.25, 0.3) is 0 Å². The second-order valence-corrected chi connectivity index (χ2v) is 19.7. The molecule has 0 radical (unpaired) electrons. The molecule has 420 valence electrons. The van der Waals surface area contributed by atoms with Crippen LogP contribution < -0.4 is 5.32 Å². The van der Waals surface area contributed by atoms with E-state index in [0.29, 0.717) is 6.42 Å². The third-order valence-electron chi connectivity index (χ3n) is 13.3. The van der Waals surface area contributed by atoms with Gasteiger partial charge >= 0.3 is 0 Å². The Morgan fingerprint density at radius 3 is 1.45 bits per heavy atom. The number of ether oxygens (including phenoxy) is 4. The minimum absolute atomic E-state index is 0.258. The summed E-state index contributed by atoms with van der Waals surface area (Å²) < 4.78 is 22.7. The fourth-order valence-electron chi connectivity index (χ4n) is 8.76. The molecule has 0 spiro atoms. The van der Waals surface area contributed by atoms with Gasteiger partial charge in [-0.1, -0.05) is 195 Å². The molecule has 0 aliphatic carbocycles. The van der Waals surface area contributed by atoms with Crippen molar-refractivity contribution in [2.24, 2.45) is 0 Å². The summed E-state index contributed by atoms with van der Waals surface area (Å²) in [5.74, 6) is -0.258. The number of aliphatic hydroxyl groups excluding tert-OH is 8. The molecular formula is C59H101NO13. The molecule has 73 heavy (non-hydrogen) atoms. The average Bonchev–Trinajstić information content (AvgIpc) is 3.39. The Labute approximate surface area is 440 Å². The van der Waals surface area contributed by atoms with Crippen LogP contribution in [0, 0.1) is 0 Å². The second-order valence-electron chi connectivity index (χ2n) is 19.7. The molecule has 0 aromatic rings. The number of amides is 1. The maximum absolute atomic E-state index is 13.2. The lowest BCUT2D eigenvalue weighted by Crippen LogP contribution is -2.65. The van der Waals surface area contributed by atoms with Gasteiger partial charge in [-0.2, -0.15) is 0 Å². The number of rotatable bonds is 43. The summed E-state index contributed by atoms with van der Waals surface area (Å²) in [7, 11) is 0. The van der Waals surface area contributed by atoms with Gasteiger partial charge in [0.15, 0.2) is 12.6 Å². The molecule has 2 aliphatic rings. The minimum Gasteiger partial charge on any atom is -0.394 e. The molecule has 14 nitrogen and oxygen atoms in total. The molecule has 1 amide bonds. The number of hydrogen-bond donors (Lipinski definition) is 9. The van der Waals surface area contributed by atoms with Gasteiger partial charge in [0.1, 0.15) is 48.8 Å². The number of unbranched alkanes of at least 4 members (excludes halogenated alkanes) is 18. The first kappa shape index (κ1) is 66.3. The highest BCUT2D eigenvalue weighted by atomic mass is 16.7. The number of carbonyl (C=O) groups is 1. The lowest BCUT2D eigenvalue weighted by molar-refractivity contribution is -0.359. The molecule has 14 heteroatoms. The molecule has 2 heterocycles. The van der Waals surface area contributed by atoms with Crippen molar-refractivity contribution in [3.63, 3.8) is 0 Å². The maximum atomic E-state index is 13.2. The zero-order chi connectivity index (χ0) is 53.2. The van der Waals surface area contributed by atoms with Crippen LogP contribution in [0.4, 0.5) is 0 Å². The van der Waals surface area contributed by atoms with E-state index in [2.05, 4.69) is 92.1 Å². The van der Waals surface area contributed by atoms with Gasteiger partial charge in [-0.15, -0.1) is 0 Å². The van der Waals surface area contributed by atoms with Crippen LogP contribution in [-0.4, -0.2) is 140 Å². The summed E-state index contributed by atoms with van der Waals surface area (Å²) in [5, 5.41) is 86.9. The summed E-state index contributed by atoms with van der Waals surface area (Å²) in [4.78, 5) is 13.2. The highest BCUT2D eigenvalue weighted by Gasteiger charge is 2.51. The molecule has 9 N–H and O–H groups in total. The molecule has 12 unspecified atom stereocenters. The van der Waals surface area contributed by atoms with Gasteiger partial charge in [0, 0.05) is 6.42 Å². The van der Waals surface area contributed by atoms with Crippen LogP contribution in [0.3, 0.4) is 0 Å². The van der Waals surface area contributed by atoms with Crippen molar-refractivity contribution in [3.05, 3.63) is 85.1 Å². The molecule has 2 saturated heterocycles. The third kappa shape index (κ3) is 30.5. The Morgan fingerprint density at radius 2 is 0.945 bits per heavy atom. The van der Waals surface area contributed by atoms with E-state index < -0.39 is 86.8 Å². The Balaban J connectivity index is 1.78. The van der Waals surface area contributed by atoms with Crippen molar-refractivity contribution < 1.29 is 64.6 Å². The summed E-state index contributed by atoms with van der Waals surface area (Å²) in [5.41, 5.74) is 0. The number of allylic oxidation sites excluding steroid dienone is 13. The average molecular weight is 1030 g/mol. The second kappa shape index (κ2) is 44.3. The van der Waals surface area contributed by atoms with E-state index in [4.69, 9.17) is 18.9 Å². The van der Waals surface area contributed by atoms with Crippen LogP contribution in [0.5, 0.6) is 0 Å². The van der Waals surface area contributed by atoms with Gasteiger partial charge in [-0.05, 0) is 70.6 Å². The van der Waals surface area contributed by atoms with Crippen LogP contribution >= 0.6 is 0 Å². The fraction of sp³-hybridized carbons (Fsp3) is 0.746. The smallest absolute Gasteiger partial charge is 0.220 e. The lowest BCUT2D eigenvalue weighted by Gasteiger charge is -2.46. The van der Waals surface area contributed by atoms with Gasteiger partial charge < -0.3 is 65.1 Å². The number of carbonyl (C=O) groups excluding carboxylic acids is 1. The molecule has 2 fully saturated rings. The van der Waals surface area contributed by atoms with Crippen LogP contribution in [0.15, 0.2) is 85.1 Å². The highest BCUT2D eigenvalue weighted by molar-refractivity contribution is 5.76. The summed E-state index contributed by atoms with van der Waals surface area (Å²) in [6.07, 6.45) is 41.8. The Hall–Kier alpha value is -2.83. The third-order valence-corrected chi connectivity index (χ3v) is 13.3. The Kier molecular flexibility index (Phi) is 40.2. The van der Waals surface area contributed by atoms with E-state index in [1.165, 1.54) is 64.2 Å². The predicted octanol–water partition coefficient (Wildman–Crippen LogP) is 8.94. The molecule has 0 saturated carbocycles. The Morgan fingerprint density at radius 1 is 0.507 bits per heavy atom. The monoisotopic (exact) mass is 1030 g/mol. The van der Waals surface area contributed by atoms with Gasteiger partial charge in [-0.25, -0.2) is 0 Å². The molecular weight excluding hydrogens is 931 g/mol. The van der Waals surface area contributed by atoms with Crippen LogP contribution in [-0.2, 0) is 23.7 Å². The number of hydrogen-bond acceptors (Lipinski definition) is 13. The molecule has 0 aromatic heterocycles. The standard InChI is InChI=1S/C59H101NO13/c1-3-5-7-9-11-13-15-17-19-20-21-22-23-24-25-26-27-28-29-31-33-35-37-39-41-43-51(64)60-47(48(63)42-40-38-36-34-32-30-18-16-14-12-10-8-6-4-2)46-70-58-56(69)54(67)57(50(45-62)72-58)73-59-55(68)53(66)52(65)49(44-61)71-59/h5,7,11,13,17,19,21-22,24-25,27-28,40,42,47-50,52-59,61-63,65-69H,3-4,6,8-10,12,14-16,18,20,23,26,29-39,41,43-46H2,1-2H3,(H,60,64)/b7-5-,13-11-,19-17-,22-21-,25-24-,28-27-,42-40+. The minimum atomic E-state index is -1.79. The molecule has 12 atom stereocenters. The van der Waals surface area contributed by atoms with E-state index in [1.807, 2.05) is 6.08 Å². The van der Waals surface area contributed by atoms with Gasteiger partial charge in [0.2, 0.25) is 5.91 Å². The fourth-order valence-corrected chi connectivity index (χ4v) is 8.76. The van der Waals surface area contributed by atoms with Crippen LogP contribution in [0.1, 0.15) is 187 Å².